The van der Waals surface area contributed by atoms with E-state index in [9.17, 15) is 4.79 Å². The van der Waals surface area contributed by atoms with E-state index in [1.807, 2.05) is 0 Å². The number of esters is 1. The third kappa shape index (κ3) is 3.91. The summed E-state index contributed by atoms with van der Waals surface area (Å²) >= 11 is 0. The Hall–Kier alpha value is -0.840. The second-order valence-corrected chi connectivity index (χ2v) is 2.25. The van der Waals surface area contributed by atoms with Crippen LogP contribution in [0.15, 0.2) is 18.3 Å². The summed E-state index contributed by atoms with van der Waals surface area (Å²) < 4.78 is 4.49. The monoisotopic (exact) mass is 238 g/mol. The predicted octanol–water partition coefficient (Wildman–Crippen LogP) is 1.17. The van der Waals surface area contributed by atoms with E-state index >= 15 is 0 Å². The van der Waals surface area contributed by atoms with Crippen molar-refractivity contribution in [3.63, 3.8) is 0 Å². The van der Waals surface area contributed by atoms with Crippen LogP contribution < -0.4 is 5.73 Å². The maximum absolute atomic E-state index is 11.0. The summed E-state index contributed by atoms with van der Waals surface area (Å²) in [4.78, 5) is 14.8. The molecule has 0 atom stereocenters. The smallest absolute Gasteiger partial charge is 0.356 e. The minimum atomic E-state index is -0.440. The Morgan fingerprint density at radius 2 is 2.21 bits per heavy atom. The van der Waals surface area contributed by atoms with Crippen LogP contribution in [0.1, 0.15) is 16.1 Å². The van der Waals surface area contributed by atoms with Gasteiger partial charge >= 0.3 is 5.97 Å². The number of pyridine rings is 1. The van der Waals surface area contributed by atoms with E-state index < -0.39 is 5.97 Å². The molecule has 0 aromatic carbocycles. The van der Waals surface area contributed by atoms with Crippen molar-refractivity contribution < 1.29 is 9.53 Å². The van der Waals surface area contributed by atoms with Crippen LogP contribution in [0.2, 0.25) is 0 Å². The van der Waals surface area contributed by atoms with Crippen LogP contribution in [0.4, 0.5) is 0 Å². The zero-order valence-corrected chi connectivity index (χ0v) is 9.23. The molecule has 2 N–H and O–H groups in total. The number of rotatable bonds is 2. The molecule has 0 unspecified atom stereocenters. The topological polar surface area (TPSA) is 65.2 Å². The van der Waals surface area contributed by atoms with Crippen molar-refractivity contribution in [2.24, 2.45) is 5.73 Å². The van der Waals surface area contributed by atoms with Gasteiger partial charge in [-0.15, -0.1) is 24.8 Å². The van der Waals surface area contributed by atoms with Gasteiger partial charge in [-0.1, -0.05) is 0 Å². The molecule has 6 heteroatoms. The summed E-state index contributed by atoms with van der Waals surface area (Å²) in [5.74, 6) is -0.440. The van der Waals surface area contributed by atoms with Gasteiger partial charge in [0.05, 0.1) is 7.11 Å². The zero-order chi connectivity index (χ0) is 8.97. The lowest BCUT2D eigenvalue weighted by molar-refractivity contribution is 0.0594. The second-order valence-electron chi connectivity index (χ2n) is 2.25. The SMILES string of the molecule is COC(=O)c1cc(CN)ccn1.Cl.Cl. The number of carbonyl (C=O) groups is 1. The first-order valence-corrected chi connectivity index (χ1v) is 3.51. The van der Waals surface area contributed by atoms with Gasteiger partial charge in [0.15, 0.2) is 0 Å². The summed E-state index contributed by atoms with van der Waals surface area (Å²) in [7, 11) is 1.32. The predicted molar refractivity (Wildman–Crippen MR) is 58.0 cm³/mol. The van der Waals surface area contributed by atoms with Crippen LogP contribution in [0.3, 0.4) is 0 Å². The lowest BCUT2D eigenvalue weighted by Crippen LogP contribution is -2.06. The molecule has 0 aliphatic heterocycles. The number of carbonyl (C=O) groups excluding carboxylic acids is 1. The summed E-state index contributed by atoms with van der Waals surface area (Å²) in [6.07, 6.45) is 1.54. The van der Waals surface area contributed by atoms with E-state index in [1.165, 1.54) is 13.3 Å². The Kier molecular flexibility index (Phi) is 8.43. The lowest BCUT2D eigenvalue weighted by Gasteiger charge is -1.99. The summed E-state index contributed by atoms with van der Waals surface area (Å²) in [6, 6.07) is 3.37. The molecule has 0 saturated carbocycles. The molecule has 14 heavy (non-hydrogen) atoms. The quantitative estimate of drug-likeness (QED) is 0.786. The van der Waals surface area contributed by atoms with Crippen molar-refractivity contribution in [1.29, 1.82) is 0 Å². The Balaban J connectivity index is 0. The van der Waals surface area contributed by atoms with Crippen molar-refractivity contribution in [3.05, 3.63) is 29.6 Å². The van der Waals surface area contributed by atoms with Gasteiger partial charge in [0.1, 0.15) is 5.69 Å². The zero-order valence-electron chi connectivity index (χ0n) is 7.60. The van der Waals surface area contributed by atoms with Gasteiger partial charge in [-0.3, -0.25) is 0 Å². The van der Waals surface area contributed by atoms with Gasteiger partial charge in [0.25, 0.3) is 0 Å². The van der Waals surface area contributed by atoms with Gasteiger partial charge < -0.3 is 10.5 Å². The van der Waals surface area contributed by atoms with Crippen molar-refractivity contribution >= 4 is 30.8 Å². The van der Waals surface area contributed by atoms with Gasteiger partial charge in [-0.25, -0.2) is 9.78 Å². The highest BCUT2D eigenvalue weighted by Gasteiger charge is 2.05. The van der Waals surface area contributed by atoms with E-state index in [1.54, 1.807) is 12.1 Å². The highest BCUT2D eigenvalue weighted by molar-refractivity contribution is 5.87. The molecule has 0 amide bonds. The van der Waals surface area contributed by atoms with Crippen molar-refractivity contribution in [3.8, 4) is 0 Å². The average molecular weight is 239 g/mol. The number of halogens is 2. The summed E-state index contributed by atoms with van der Waals surface area (Å²) in [6.45, 7) is 0.395. The first kappa shape index (κ1) is 15.6. The van der Waals surface area contributed by atoms with E-state index in [0.29, 0.717) is 12.2 Å². The molecule has 0 radical (unpaired) electrons. The fourth-order valence-corrected chi connectivity index (χ4v) is 0.817. The molecule has 1 heterocycles. The van der Waals surface area contributed by atoms with Gasteiger partial charge in [-0.05, 0) is 17.7 Å². The number of hydrogen-bond acceptors (Lipinski definition) is 4. The minimum absolute atomic E-state index is 0. The number of aromatic nitrogens is 1. The normalized spacial score (nSPS) is 8.14. The molecular formula is C8H12Cl2N2O2. The molecule has 1 aromatic heterocycles. The Bertz CT molecular complexity index is 294. The molecule has 1 aromatic rings. The summed E-state index contributed by atoms with van der Waals surface area (Å²) in [5, 5.41) is 0. The Morgan fingerprint density at radius 1 is 1.57 bits per heavy atom. The molecule has 0 bridgehead atoms. The van der Waals surface area contributed by atoms with E-state index in [2.05, 4.69) is 9.72 Å². The van der Waals surface area contributed by atoms with Crippen LogP contribution in [0.5, 0.6) is 0 Å². The molecule has 0 aliphatic carbocycles. The number of ether oxygens (including phenoxy) is 1. The minimum Gasteiger partial charge on any atom is -0.464 e. The Morgan fingerprint density at radius 3 is 2.71 bits per heavy atom. The molecule has 0 fully saturated rings. The molecule has 0 spiro atoms. The van der Waals surface area contributed by atoms with Crippen LogP contribution >= 0.6 is 24.8 Å². The second kappa shape index (κ2) is 7.55. The van der Waals surface area contributed by atoms with Crippen LogP contribution in [0, 0.1) is 0 Å². The van der Waals surface area contributed by atoms with E-state index in [-0.39, 0.29) is 24.8 Å². The van der Waals surface area contributed by atoms with E-state index in [4.69, 9.17) is 5.73 Å². The molecule has 4 nitrogen and oxygen atoms in total. The first-order valence-electron chi connectivity index (χ1n) is 3.51. The van der Waals surface area contributed by atoms with E-state index in [0.717, 1.165) is 5.56 Å². The number of nitrogens with two attached hydrogens (primary N) is 1. The van der Waals surface area contributed by atoms with Crippen molar-refractivity contribution in [1.82, 2.24) is 4.98 Å². The molecule has 80 valence electrons. The molecule has 0 saturated heterocycles. The fraction of sp³-hybridized carbons (Fsp3) is 0.250. The van der Waals surface area contributed by atoms with Gasteiger partial charge in [-0.2, -0.15) is 0 Å². The maximum atomic E-state index is 11.0. The third-order valence-corrected chi connectivity index (χ3v) is 1.45. The van der Waals surface area contributed by atoms with Crippen molar-refractivity contribution in [2.75, 3.05) is 7.11 Å². The molecule has 0 aliphatic rings. The average Bonchev–Trinajstić information content (AvgIpc) is 2.17. The Labute approximate surface area is 94.7 Å². The standard InChI is InChI=1S/C8H10N2O2.2ClH/c1-12-8(11)7-4-6(5-9)2-3-10-7;;/h2-4H,5,9H2,1H3;2*1H. The number of methoxy groups -OCH3 is 1. The third-order valence-electron chi connectivity index (χ3n) is 1.45. The number of nitrogens with zero attached hydrogens (tertiary/aromatic N) is 1. The molecule has 1 rings (SSSR count). The van der Waals surface area contributed by atoms with Crippen LogP contribution in [-0.2, 0) is 11.3 Å². The highest BCUT2D eigenvalue weighted by atomic mass is 35.5. The maximum Gasteiger partial charge on any atom is 0.356 e. The van der Waals surface area contributed by atoms with Crippen LogP contribution in [-0.4, -0.2) is 18.1 Å². The lowest BCUT2D eigenvalue weighted by atomic mass is 10.2. The summed E-state index contributed by atoms with van der Waals surface area (Å²) in [5.41, 5.74) is 6.54. The van der Waals surface area contributed by atoms with Gasteiger partial charge in [0, 0.05) is 12.7 Å². The highest BCUT2D eigenvalue weighted by Crippen LogP contribution is 2.01. The number of hydrogen-bond donors (Lipinski definition) is 1. The molecular weight excluding hydrogens is 227 g/mol. The van der Waals surface area contributed by atoms with Crippen LogP contribution in [0.25, 0.3) is 0 Å². The first-order chi connectivity index (χ1) is 5.77. The van der Waals surface area contributed by atoms with Gasteiger partial charge in [0.2, 0.25) is 0 Å². The largest absolute Gasteiger partial charge is 0.464 e. The van der Waals surface area contributed by atoms with Crippen molar-refractivity contribution in [2.45, 2.75) is 6.54 Å². The fourth-order valence-electron chi connectivity index (χ4n) is 0.817.